The highest BCUT2D eigenvalue weighted by molar-refractivity contribution is 5.68. The molecule has 1 aliphatic heterocycles. The SMILES string of the molecule is CCN(CCN1CCC(CNCC2CC2)C1)C(=O)OC(C)(C)C. The van der Waals surface area contributed by atoms with Gasteiger partial charge in [-0.15, -0.1) is 0 Å². The second kappa shape index (κ2) is 8.34. The van der Waals surface area contributed by atoms with Crippen LogP contribution in [0.25, 0.3) is 0 Å². The lowest BCUT2D eigenvalue weighted by atomic mass is 10.1. The number of rotatable bonds is 8. The first kappa shape index (κ1) is 18.5. The van der Waals surface area contributed by atoms with Gasteiger partial charge in [0.1, 0.15) is 5.60 Å². The molecule has 5 nitrogen and oxygen atoms in total. The van der Waals surface area contributed by atoms with Crippen LogP contribution in [-0.2, 0) is 4.74 Å². The van der Waals surface area contributed by atoms with Crippen molar-refractivity contribution in [3.63, 3.8) is 0 Å². The Kier molecular flexibility index (Phi) is 6.72. The van der Waals surface area contributed by atoms with Crippen molar-refractivity contribution in [2.75, 3.05) is 45.8 Å². The van der Waals surface area contributed by atoms with Crippen molar-refractivity contribution in [1.82, 2.24) is 15.1 Å². The molecule has 2 aliphatic rings. The fourth-order valence-corrected chi connectivity index (χ4v) is 3.06. The Bertz CT molecular complexity index is 377. The lowest BCUT2D eigenvalue weighted by molar-refractivity contribution is 0.0246. The van der Waals surface area contributed by atoms with Gasteiger partial charge in [0, 0.05) is 26.2 Å². The van der Waals surface area contributed by atoms with Gasteiger partial charge in [-0.05, 0) is 78.4 Å². The maximum Gasteiger partial charge on any atom is 0.410 e. The molecule has 1 heterocycles. The number of likely N-dealkylation sites (N-methyl/N-ethyl adjacent to an activating group) is 1. The number of likely N-dealkylation sites (tertiary alicyclic amines) is 1. The van der Waals surface area contributed by atoms with E-state index in [-0.39, 0.29) is 6.09 Å². The Hall–Kier alpha value is -0.810. The summed E-state index contributed by atoms with van der Waals surface area (Å²) in [6.45, 7) is 14.8. The quantitative estimate of drug-likeness (QED) is 0.745. The minimum Gasteiger partial charge on any atom is -0.444 e. The van der Waals surface area contributed by atoms with Crippen molar-refractivity contribution >= 4 is 6.09 Å². The van der Waals surface area contributed by atoms with Crippen molar-refractivity contribution in [1.29, 1.82) is 0 Å². The number of hydrogen-bond acceptors (Lipinski definition) is 4. The normalized spacial score (nSPS) is 22.3. The zero-order chi connectivity index (χ0) is 16.9. The summed E-state index contributed by atoms with van der Waals surface area (Å²) in [6.07, 6.45) is 3.92. The van der Waals surface area contributed by atoms with Crippen LogP contribution in [0.5, 0.6) is 0 Å². The minimum atomic E-state index is -0.420. The molecule has 0 aromatic carbocycles. The van der Waals surface area contributed by atoms with Gasteiger partial charge in [-0.1, -0.05) is 0 Å². The molecule has 0 spiro atoms. The van der Waals surface area contributed by atoms with Gasteiger partial charge in [0.15, 0.2) is 0 Å². The Morgan fingerprint density at radius 3 is 2.52 bits per heavy atom. The molecule has 23 heavy (non-hydrogen) atoms. The number of ether oxygens (including phenoxy) is 1. The topological polar surface area (TPSA) is 44.8 Å². The van der Waals surface area contributed by atoms with Crippen LogP contribution in [0.1, 0.15) is 47.0 Å². The van der Waals surface area contributed by atoms with Crippen LogP contribution in [0.15, 0.2) is 0 Å². The molecule has 5 heteroatoms. The minimum absolute atomic E-state index is 0.193. The third-order valence-electron chi connectivity index (χ3n) is 4.65. The average molecular weight is 325 g/mol. The molecule has 0 aromatic rings. The molecule has 1 amide bonds. The molecule has 1 saturated carbocycles. The van der Waals surface area contributed by atoms with Crippen LogP contribution in [0.3, 0.4) is 0 Å². The predicted octanol–water partition coefficient (Wildman–Crippen LogP) is 2.56. The van der Waals surface area contributed by atoms with E-state index in [1.54, 1.807) is 0 Å². The van der Waals surface area contributed by atoms with Crippen molar-refractivity contribution < 1.29 is 9.53 Å². The molecule has 1 N–H and O–H groups in total. The monoisotopic (exact) mass is 325 g/mol. The van der Waals surface area contributed by atoms with E-state index in [4.69, 9.17) is 4.74 Å². The second-order valence-corrected chi connectivity index (χ2v) is 8.12. The van der Waals surface area contributed by atoms with Gasteiger partial charge in [0.05, 0.1) is 0 Å². The Morgan fingerprint density at radius 1 is 1.22 bits per heavy atom. The number of carbonyl (C=O) groups excluding carboxylic acids is 1. The molecule has 1 unspecified atom stereocenters. The molecule has 1 saturated heterocycles. The maximum atomic E-state index is 12.1. The van der Waals surface area contributed by atoms with E-state index in [0.29, 0.717) is 6.54 Å². The summed E-state index contributed by atoms with van der Waals surface area (Å²) in [4.78, 5) is 16.4. The van der Waals surface area contributed by atoms with Gasteiger partial charge in [-0.25, -0.2) is 4.79 Å². The van der Waals surface area contributed by atoms with Gasteiger partial charge in [0.25, 0.3) is 0 Å². The molecule has 0 bridgehead atoms. The lowest BCUT2D eigenvalue weighted by Gasteiger charge is -2.28. The molecule has 0 radical (unpaired) electrons. The van der Waals surface area contributed by atoms with E-state index in [1.165, 1.54) is 25.8 Å². The zero-order valence-corrected chi connectivity index (χ0v) is 15.4. The van der Waals surface area contributed by atoms with Crippen LogP contribution in [0, 0.1) is 11.8 Å². The summed E-state index contributed by atoms with van der Waals surface area (Å²) in [7, 11) is 0. The van der Waals surface area contributed by atoms with Gasteiger partial charge in [-0.3, -0.25) is 0 Å². The zero-order valence-electron chi connectivity index (χ0n) is 15.4. The standard InChI is InChI=1S/C18H35N3O2/c1-5-21(17(22)23-18(2,3)4)11-10-20-9-8-16(14-20)13-19-12-15-6-7-15/h15-16,19H,5-14H2,1-4H3. The number of nitrogens with one attached hydrogen (secondary N) is 1. The summed E-state index contributed by atoms with van der Waals surface area (Å²) >= 11 is 0. The Morgan fingerprint density at radius 2 is 1.91 bits per heavy atom. The van der Waals surface area contributed by atoms with Gasteiger partial charge < -0.3 is 19.9 Å². The van der Waals surface area contributed by atoms with Crippen LogP contribution < -0.4 is 5.32 Å². The molecule has 0 aromatic heterocycles. The van der Waals surface area contributed by atoms with E-state index >= 15 is 0 Å². The fraction of sp³-hybridized carbons (Fsp3) is 0.944. The predicted molar refractivity (Wildman–Crippen MR) is 93.6 cm³/mol. The molecular formula is C18H35N3O2. The van der Waals surface area contributed by atoms with E-state index < -0.39 is 5.60 Å². The smallest absolute Gasteiger partial charge is 0.410 e. The number of carbonyl (C=O) groups is 1. The van der Waals surface area contributed by atoms with E-state index in [9.17, 15) is 4.79 Å². The van der Waals surface area contributed by atoms with E-state index in [0.717, 1.165) is 44.6 Å². The average Bonchev–Trinajstić information content (AvgIpc) is 3.16. The maximum absolute atomic E-state index is 12.1. The van der Waals surface area contributed by atoms with Gasteiger partial charge in [0.2, 0.25) is 0 Å². The Labute approximate surface area is 141 Å². The molecule has 2 rings (SSSR count). The highest BCUT2D eigenvalue weighted by Gasteiger charge is 2.26. The summed E-state index contributed by atoms with van der Waals surface area (Å²) in [6, 6.07) is 0. The van der Waals surface area contributed by atoms with Gasteiger partial charge >= 0.3 is 6.09 Å². The highest BCUT2D eigenvalue weighted by atomic mass is 16.6. The summed E-state index contributed by atoms with van der Waals surface area (Å²) in [5.74, 6) is 1.73. The molecule has 134 valence electrons. The molecule has 1 aliphatic carbocycles. The van der Waals surface area contributed by atoms with Crippen LogP contribution >= 0.6 is 0 Å². The molecule has 1 atom stereocenters. The number of hydrogen-bond donors (Lipinski definition) is 1. The van der Waals surface area contributed by atoms with E-state index in [1.807, 2.05) is 32.6 Å². The first-order valence-corrected chi connectivity index (χ1v) is 9.28. The van der Waals surface area contributed by atoms with Crippen LogP contribution in [-0.4, -0.2) is 67.3 Å². The lowest BCUT2D eigenvalue weighted by Crippen LogP contribution is -2.41. The second-order valence-electron chi connectivity index (χ2n) is 8.12. The number of nitrogens with zero attached hydrogens (tertiary/aromatic N) is 2. The Balaban J connectivity index is 1.62. The fourth-order valence-electron chi connectivity index (χ4n) is 3.06. The summed E-state index contributed by atoms with van der Waals surface area (Å²) in [5.41, 5.74) is -0.420. The molecule has 2 fully saturated rings. The van der Waals surface area contributed by atoms with Crippen LogP contribution in [0.2, 0.25) is 0 Å². The van der Waals surface area contributed by atoms with Crippen molar-refractivity contribution in [3.8, 4) is 0 Å². The van der Waals surface area contributed by atoms with Crippen LogP contribution in [0.4, 0.5) is 4.79 Å². The summed E-state index contributed by atoms with van der Waals surface area (Å²) < 4.78 is 5.47. The summed E-state index contributed by atoms with van der Waals surface area (Å²) in [5, 5.41) is 3.62. The first-order valence-electron chi connectivity index (χ1n) is 9.28. The first-order chi connectivity index (χ1) is 10.9. The highest BCUT2D eigenvalue weighted by Crippen LogP contribution is 2.27. The number of amides is 1. The van der Waals surface area contributed by atoms with Crippen molar-refractivity contribution in [3.05, 3.63) is 0 Å². The van der Waals surface area contributed by atoms with Crippen molar-refractivity contribution in [2.24, 2.45) is 11.8 Å². The van der Waals surface area contributed by atoms with Gasteiger partial charge in [-0.2, -0.15) is 0 Å². The third kappa shape index (κ3) is 7.08. The third-order valence-corrected chi connectivity index (χ3v) is 4.65. The van der Waals surface area contributed by atoms with Crippen molar-refractivity contribution in [2.45, 2.75) is 52.6 Å². The largest absolute Gasteiger partial charge is 0.444 e. The van der Waals surface area contributed by atoms with E-state index in [2.05, 4.69) is 10.2 Å². The molecular weight excluding hydrogens is 290 g/mol.